The molecule has 0 saturated heterocycles. The molecule has 0 fully saturated rings. The monoisotopic (exact) mass is 1020 g/mol. The largest absolute Gasteiger partial charge is 0.508 e. The van der Waals surface area contributed by atoms with Crippen molar-refractivity contribution < 1.29 is 19.4 Å². The number of isocyanates is 1. The standard InChI is InChI=1S/C28H30N8O2.C23H22N8O.C4H7NO/c1-17(2)10-25(37)38-20-7-9-23(35-16-30-15-33-35)21(12-20)26-34-22-11-18(19-13-31-27(29)32-14-19)6-8-24(22)36(26)28(3,4)5;1-23(2,3)31-20-6-4-14(15-10-26-22(24)27-11-15)8-18(20)29-21(31)17-9-16(32)5-7-19(17)30-13-25-12-28-30;1-4(2)5-3-6/h6-9,11-17H,10H2,1-5H3,(H2,29,31,32);4-13,32H,1-3H3,(H2,24,26,27);4H,1-2H3. The maximum absolute atomic E-state index is 12.5. The number of nitrogens with zero attached hydrogens (tertiary/aromatic N) is 15. The van der Waals surface area contributed by atoms with E-state index in [0.717, 1.165) is 72.6 Å². The summed E-state index contributed by atoms with van der Waals surface area (Å²) in [5.74, 6) is 2.41. The molecule has 21 heteroatoms. The Kier molecular flexibility index (Phi) is 15.2. The van der Waals surface area contributed by atoms with Crippen molar-refractivity contribution >= 4 is 46.0 Å². The van der Waals surface area contributed by atoms with Gasteiger partial charge in [0.25, 0.3) is 0 Å². The molecule has 0 atom stereocenters. The zero-order valence-electron chi connectivity index (χ0n) is 43.9. The van der Waals surface area contributed by atoms with Crippen molar-refractivity contribution in [3.8, 4) is 67.9 Å². The fourth-order valence-electron chi connectivity index (χ4n) is 8.35. The first-order valence-electron chi connectivity index (χ1n) is 24.4. The molecule has 0 saturated carbocycles. The van der Waals surface area contributed by atoms with Crippen molar-refractivity contribution in [2.75, 3.05) is 11.5 Å². The van der Waals surface area contributed by atoms with E-state index in [1.165, 1.54) is 18.7 Å². The fourth-order valence-corrected chi connectivity index (χ4v) is 8.35. The highest BCUT2D eigenvalue weighted by Crippen LogP contribution is 2.39. The van der Waals surface area contributed by atoms with Crippen LogP contribution in [0.3, 0.4) is 0 Å². The number of aromatic hydroxyl groups is 1. The van der Waals surface area contributed by atoms with E-state index in [0.29, 0.717) is 18.0 Å². The zero-order valence-corrected chi connectivity index (χ0v) is 43.9. The highest BCUT2D eigenvalue weighted by molar-refractivity contribution is 5.89. The first kappa shape index (κ1) is 52.8. The molecule has 10 rings (SSSR count). The van der Waals surface area contributed by atoms with E-state index < -0.39 is 0 Å². The third-order valence-electron chi connectivity index (χ3n) is 11.5. The van der Waals surface area contributed by atoms with Crippen molar-refractivity contribution in [1.29, 1.82) is 0 Å². The highest BCUT2D eigenvalue weighted by Gasteiger charge is 2.27. The molecule has 0 bridgehead atoms. The first-order chi connectivity index (χ1) is 36.2. The molecular formula is C55H59N17O4. The summed E-state index contributed by atoms with van der Waals surface area (Å²) < 4.78 is 13.4. The van der Waals surface area contributed by atoms with E-state index in [4.69, 9.17) is 26.2 Å². The average Bonchev–Trinajstić information content (AvgIpc) is 4.25. The van der Waals surface area contributed by atoms with Crippen LogP contribution in [-0.2, 0) is 20.7 Å². The van der Waals surface area contributed by atoms with Gasteiger partial charge in [0.05, 0.1) is 39.5 Å². The number of ether oxygens (including phenoxy) is 1. The van der Waals surface area contributed by atoms with Crippen LogP contribution in [0.2, 0.25) is 0 Å². The molecular weight excluding hydrogens is 963 g/mol. The molecule has 0 aliphatic heterocycles. The number of phenols is 1. The van der Waals surface area contributed by atoms with Gasteiger partial charge in [0.2, 0.25) is 18.0 Å². The molecule has 6 aromatic heterocycles. The number of nitrogens with two attached hydrogens (primary N) is 2. The number of esters is 1. The van der Waals surface area contributed by atoms with Gasteiger partial charge in [0.1, 0.15) is 48.5 Å². The minimum Gasteiger partial charge on any atom is -0.508 e. The molecule has 0 unspecified atom stereocenters. The normalized spacial score (nSPS) is 11.5. The summed E-state index contributed by atoms with van der Waals surface area (Å²) in [7, 11) is 0. The molecule has 0 aliphatic rings. The second kappa shape index (κ2) is 21.9. The molecule has 0 aliphatic carbocycles. The highest BCUT2D eigenvalue weighted by atomic mass is 16.5. The van der Waals surface area contributed by atoms with Gasteiger partial charge in [-0.25, -0.2) is 59.0 Å². The molecule has 21 nitrogen and oxygen atoms in total. The summed E-state index contributed by atoms with van der Waals surface area (Å²) in [6, 6.07) is 22.9. The fraction of sp³-hybridized carbons (Fsp3) is 0.273. The summed E-state index contributed by atoms with van der Waals surface area (Å²) in [6.07, 6.45) is 14.8. The number of imidazole rings is 2. The second-order valence-corrected chi connectivity index (χ2v) is 20.4. The van der Waals surface area contributed by atoms with Gasteiger partial charge in [-0.3, -0.25) is 4.79 Å². The lowest BCUT2D eigenvalue weighted by Gasteiger charge is -2.25. The molecule has 0 spiro atoms. The van der Waals surface area contributed by atoms with Gasteiger partial charge in [-0.15, -0.1) is 0 Å². The number of aromatic nitrogens is 14. The van der Waals surface area contributed by atoms with E-state index in [1.54, 1.807) is 65.0 Å². The van der Waals surface area contributed by atoms with Crippen molar-refractivity contribution in [3.63, 3.8) is 0 Å². The zero-order chi connectivity index (χ0) is 54.5. The number of hydrogen-bond donors (Lipinski definition) is 3. The number of benzene rings is 4. The van der Waals surface area contributed by atoms with E-state index in [2.05, 4.69) is 95.8 Å². The van der Waals surface area contributed by atoms with E-state index >= 15 is 0 Å². The van der Waals surface area contributed by atoms with Crippen molar-refractivity contribution in [3.05, 3.63) is 123 Å². The number of phenolic OH excluding ortho intramolecular Hbond substituents is 1. The average molecular weight is 1020 g/mol. The van der Waals surface area contributed by atoms with E-state index in [1.807, 2.05) is 82.3 Å². The smallest absolute Gasteiger partial charge is 0.311 e. The second-order valence-electron chi connectivity index (χ2n) is 20.4. The number of rotatable bonds is 10. The maximum atomic E-state index is 12.5. The van der Waals surface area contributed by atoms with Gasteiger partial charge in [0.15, 0.2) is 0 Å². The minimum absolute atomic E-state index is 0.0995. The number of nitrogen functional groups attached to an aromatic ring is 2. The van der Waals surface area contributed by atoms with Crippen LogP contribution in [0.25, 0.3) is 78.5 Å². The molecule has 6 heterocycles. The predicted molar refractivity (Wildman–Crippen MR) is 291 cm³/mol. The summed E-state index contributed by atoms with van der Waals surface area (Å²) in [5, 5.41) is 18.9. The molecule has 76 heavy (non-hydrogen) atoms. The predicted octanol–water partition coefficient (Wildman–Crippen LogP) is 9.54. The van der Waals surface area contributed by atoms with Crippen molar-refractivity contribution in [2.45, 2.75) is 92.8 Å². The lowest BCUT2D eigenvalue weighted by Crippen LogP contribution is -2.23. The van der Waals surface area contributed by atoms with Gasteiger partial charge in [-0.1, -0.05) is 26.0 Å². The van der Waals surface area contributed by atoms with Crippen molar-refractivity contribution in [1.82, 2.24) is 68.6 Å². The quantitative estimate of drug-likeness (QED) is 0.0497. The Balaban J connectivity index is 0.000000184. The van der Waals surface area contributed by atoms with Gasteiger partial charge in [-0.2, -0.15) is 10.2 Å². The number of hydrogen-bond acceptors (Lipinski definition) is 17. The maximum Gasteiger partial charge on any atom is 0.311 e. The van der Waals surface area contributed by atoms with Gasteiger partial charge < -0.3 is 30.4 Å². The van der Waals surface area contributed by atoms with E-state index in [9.17, 15) is 14.7 Å². The number of fused-ring (bicyclic) bond motifs is 2. The van der Waals surface area contributed by atoms with Gasteiger partial charge in [-0.05, 0) is 133 Å². The SMILES string of the molecule is CC(C)(C)n1c(-c2cc(O)ccc2-n2cncn2)nc2cc(-c3cnc(N)nc3)ccc21.CC(C)CC(=O)Oc1ccc(-n2cncn2)c(-c2nc3cc(-c4cnc(N)nc4)ccc3n2C(C)(C)C)c1.CC(C)N=C=O. The third-order valence-corrected chi connectivity index (χ3v) is 11.5. The van der Waals surface area contributed by atoms with Crippen LogP contribution in [0, 0.1) is 5.92 Å². The number of anilines is 2. The van der Waals surface area contributed by atoms with Crippen LogP contribution >= 0.6 is 0 Å². The number of aliphatic imine (C=N–C) groups is 1. The lowest BCUT2D eigenvalue weighted by atomic mass is 10.0. The summed E-state index contributed by atoms with van der Waals surface area (Å²) in [6.45, 7) is 20.4. The molecule has 0 radical (unpaired) electrons. The van der Waals surface area contributed by atoms with Crippen LogP contribution in [0.1, 0.15) is 75.7 Å². The Labute approximate surface area is 438 Å². The minimum atomic E-state index is -0.320. The Morgan fingerprint density at radius 2 is 1.11 bits per heavy atom. The van der Waals surface area contributed by atoms with Crippen LogP contribution in [0.4, 0.5) is 11.9 Å². The third kappa shape index (κ3) is 12.0. The molecule has 388 valence electrons. The lowest BCUT2D eigenvalue weighted by molar-refractivity contribution is -0.135. The Morgan fingerprint density at radius 3 is 1.50 bits per heavy atom. The Bertz CT molecular complexity index is 3680. The van der Waals surface area contributed by atoms with Gasteiger partial charge >= 0.3 is 5.97 Å². The Morgan fingerprint density at radius 1 is 0.645 bits per heavy atom. The summed E-state index contributed by atoms with van der Waals surface area (Å²) in [5.41, 5.74) is 20.9. The molecule has 5 N–H and O–H groups in total. The van der Waals surface area contributed by atoms with Crippen molar-refractivity contribution in [2.24, 2.45) is 10.9 Å². The number of carbonyl (C=O) groups is 1. The summed E-state index contributed by atoms with van der Waals surface area (Å²) in [4.78, 5) is 59.8. The van der Waals surface area contributed by atoms with Gasteiger partial charge in [0, 0.05) is 64.5 Å². The number of carbonyl (C=O) groups excluding carboxylic acids is 2. The Hall–Kier alpha value is -9.49. The van der Waals surface area contributed by atoms with Crippen LogP contribution < -0.4 is 16.2 Å². The summed E-state index contributed by atoms with van der Waals surface area (Å²) >= 11 is 0. The molecule has 10 aromatic rings. The van der Waals surface area contributed by atoms with Crippen LogP contribution in [0.5, 0.6) is 11.5 Å². The first-order valence-corrected chi connectivity index (χ1v) is 24.4. The van der Waals surface area contributed by atoms with Crippen LogP contribution in [-0.4, -0.2) is 91.8 Å². The topological polar surface area (TPSA) is 277 Å². The molecule has 4 aromatic carbocycles. The van der Waals surface area contributed by atoms with E-state index in [-0.39, 0.29) is 46.7 Å². The van der Waals surface area contributed by atoms with Crippen LogP contribution in [0.15, 0.2) is 128 Å². The molecule has 0 amide bonds.